The van der Waals surface area contributed by atoms with Crippen LogP contribution in [0.2, 0.25) is 5.02 Å². The molecule has 0 bridgehead atoms. The lowest BCUT2D eigenvalue weighted by Crippen LogP contribution is -2.22. The second-order valence-corrected chi connectivity index (χ2v) is 4.48. The van der Waals surface area contributed by atoms with Crippen molar-refractivity contribution in [3.05, 3.63) is 33.1 Å². The van der Waals surface area contributed by atoms with Crippen molar-refractivity contribution < 1.29 is 14.4 Å². The number of nitro groups is 1. The van der Waals surface area contributed by atoms with Gasteiger partial charge in [-0.05, 0) is 13.3 Å². The Hall–Kier alpha value is -1.40. The number of nitro benzene ring substituents is 1. The van der Waals surface area contributed by atoms with Gasteiger partial charge >= 0.3 is 0 Å². The van der Waals surface area contributed by atoms with Crippen LogP contribution in [0.1, 0.15) is 13.3 Å². The van der Waals surface area contributed by atoms with Gasteiger partial charge in [-0.25, -0.2) is 4.39 Å². The Morgan fingerprint density at radius 1 is 1.61 bits per heavy atom. The molecule has 1 N–H and O–H groups in total. The lowest BCUT2D eigenvalue weighted by molar-refractivity contribution is -0.384. The average Bonchev–Trinajstić information content (AvgIpc) is 2.28. The van der Waals surface area contributed by atoms with Gasteiger partial charge in [0.2, 0.25) is 0 Å². The molecule has 1 rings (SSSR count). The van der Waals surface area contributed by atoms with Gasteiger partial charge in [0.15, 0.2) is 0 Å². The number of benzene rings is 1. The maximum absolute atomic E-state index is 13.4. The van der Waals surface area contributed by atoms with Crippen LogP contribution in [0.25, 0.3) is 0 Å². The van der Waals surface area contributed by atoms with Crippen molar-refractivity contribution in [2.75, 3.05) is 18.5 Å². The summed E-state index contributed by atoms with van der Waals surface area (Å²) in [4.78, 5) is 11.8. The average molecular weight is 277 g/mol. The normalized spacial score (nSPS) is 12.3. The van der Waals surface area contributed by atoms with Crippen molar-refractivity contribution in [2.24, 2.45) is 0 Å². The molecule has 0 amide bonds. The molecule has 1 aromatic carbocycles. The van der Waals surface area contributed by atoms with Gasteiger partial charge in [-0.1, -0.05) is 11.6 Å². The van der Waals surface area contributed by atoms with E-state index in [-0.39, 0.29) is 16.4 Å². The van der Waals surface area contributed by atoms with E-state index < -0.39 is 16.8 Å². The first kappa shape index (κ1) is 14.7. The molecule has 100 valence electrons. The van der Waals surface area contributed by atoms with E-state index in [9.17, 15) is 14.5 Å². The number of aliphatic hydroxyl groups is 1. The Kier molecular flexibility index (Phi) is 4.86. The van der Waals surface area contributed by atoms with Crippen LogP contribution in [0.15, 0.2) is 12.1 Å². The molecule has 18 heavy (non-hydrogen) atoms. The number of nitrogens with zero attached hydrogens (tertiary/aromatic N) is 2. The molecule has 0 radical (unpaired) electrons. The first-order valence-corrected chi connectivity index (χ1v) is 5.73. The summed E-state index contributed by atoms with van der Waals surface area (Å²) in [7, 11) is 1.60. The minimum absolute atomic E-state index is 0.141. The first-order valence-electron chi connectivity index (χ1n) is 5.35. The Morgan fingerprint density at radius 3 is 2.72 bits per heavy atom. The highest BCUT2D eigenvalue weighted by Gasteiger charge is 2.20. The molecule has 7 heteroatoms. The van der Waals surface area contributed by atoms with Crippen LogP contribution in [0.4, 0.5) is 15.8 Å². The van der Waals surface area contributed by atoms with Crippen LogP contribution in [0.5, 0.6) is 0 Å². The Bertz CT molecular complexity index is 454. The fraction of sp³-hybridized carbons (Fsp3) is 0.455. The van der Waals surface area contributed by atoms with E-state index in [0.717, 1.165) is 12.1 Å². The van der Waals surface area contributed by atoms with Gasteiger partial charge in [0.1, 0.15) is 11.5 Å². The molecule has 1 atom stereocenters. The third kappa shape index (κ3) is 3.54. The molecule has 0 aromatic heterocycles. The molecule has 0 aliphatic rings. The van der Waals surface area contributed by atoms with E-state index in [1.54, 1.807) is 14.0 Å². The SMILES string of the molecule is CC(O)CCN(C)c1cc(F)c(Cl)cc1[N+](=O)[O-]. The molecule has 0 saturated carbocycles. The quantitative estimate of drug-likeness (QED) is 0.663. The second kappa shape index (κ2) is 5.97. The van der Waals surface area contributed by atoms with E-state index >= 15 is 0 Å². The summed E-state index contributed by atoms with van der Waals surface area (Å²) in [6.07, 6.45) is -0.0959. The van der Waals surface area contributed by atoms with Crippen LogP contribution in [-0.2, 0) is 0 Å². The van der Waals surface area contributed by atoms with Gasteiger partial charge in [0.25, 0.3) is 5.69 Å². The maximum atomic E-state index is 13.4. The fourth-order valence-corrected chi connectivity index (χ4v) is 1.64. The predicted molar refractivity (Wildman–Crippen MR) is 67.6 cm³/mol. The third-order valence-electron chi connectivity index (χ3n) is 2.51. The number of halogens is 2. The van der Waals surface area contributed by atoms with Gasteiger partial charge in [-0.15, -0.1) is 0 Å². The lowest BCUT2D eigenvalue weighted by atomic mass is 10.2. The summed E-state index contributed by atoms with van der Waals surface area (Å²) >= 11 is 5.52. The summed E-state index contributed by atoms with van der Waals surface area (Å²) in [5.74, 6) is -0.707. The van der Waals surface area contributed by atoms with Crippen molar-refractivity contribution >= 4 is 23.0 Å². The number of anilines is 1. The molecule has 0 aliphatic heterocycles. The largest absolute Gasteiger partial charge is 0.393 e. The summed E-state index contributed by atoms with van der Waals surface area (Å²) in [5, 5.41) is 19.8. The summed E-state index contributed by atoms with van der Waals surface area (Å²) in [6.45, 7) is 1.99. The summed E-state index contributed by atoms with van der Waals surface area (Å²) in [6, 6.07) is 2.02. The standard InChI is InChI=1S/C11H14ClFN2O3/c1-7(16)3-4-14(2)10-6-9(13)8(12)5-11(10)15(17)18/h5-7,16H,3-4H2,1-2H3. The molecule has 0 spiro atoms. The van der Waals surface area contributed by atoms with Gasteiger partial charge in [0, 0.05) is 25.7 Å². The van der Waals surface area contributed by atoms with E-state index in [0.29, 0.717) is 13.0 Å². The highest BCUT2D eigenvalue weighted by molar-refractivity contribution is 6.31. The maximum Gasteiger partial charge on any atom is 0.294 e. The van der Waals surface area contributed by atoms with Crippen LogP contribution >= 0.6 is 11.6 Å². The summed E-state index contributed by atoms with van der Waals surface area (Å²) < 4.78 is 13.4. The zero-order valence-electron chi connectivity index (χ0n) is 10.1. The molecule has 1 aromatic rings. The molecule has 1 unspecified atom stereocenters. The molecule has 0 aliphatic carbocycles. The van der Waals surface area contributed by atoms with Crippen molar-refractivity contribution in [3.8, 4) is 0 Å². The smallest absolute Gasteiger partial charge is 0.294 e. The van der Waals surface area contributed by atoms with Crippen LogP contribution in [0, 0.1) is 15.9 Å². The number of aliphatic hydroxyl groups excluding tert-OH is 1. The molecule has 0 fully saturated rings. The van der Waals surface area contributed by atoms with E-state index in [1.165, 1.54) is 4.90 Å². The highest BCUT2D eigenvalue weighted by atomic mass is 35.5. The van der Waals surface area contributed by atoms with Crippen molar-refractivity contribution in [2.45, 2.75) is 19.4 Å². The molecule has 0 heterocycles. The molecule has 5 nitrogen and oxygen atoms in total. The fourth-order valence-electron chi connectivity index (χ4n) is 1.48. The zero-order chi connectivity index (χ0) is 13.9. The minimum Gasteiger partial charge on any atom is -0.393 e. The monoisotopic (exact) mass is 276 g/mol. The Labute approximate surface area is 109 Å². The van der Waals surface area contributed by atoms with Crippen molar-refractivity contribution in [1.29, 1.82) is 0 Å². The van der Waals surface area contributed by atoms with Crippen LogP contribution < -0.4 is 4.90 Å². The second-order valence-electron chi connectivity index (χ2n) is 4.07. The van der Waals surface area contributed by atoms with E-state index in [1.807, 2.05) is 0 Å². The number of hydrogen-bond donors (Lipinski definition) is 1. The van der Waals surface area contributed by atoms with Crippen LogP contribution in [0.3, 0.4) is 0 Å². The Balaban J connectivity index is 3.05. The third-order valence-corrected chi connectivity index (χ3v) is 2.80. The topological polar surface area (TPSA) is 66.6 Å². The number of rotatable bonds is 5. The lowest BCUT2D eigenvalue weighted by Gasteiger charge is -2.20. The Morgan fingerprint density at radius 2 is 2.22 bits per heavy atom. The van der Waals surface area contributed by atoms with Gasteiger partial charge < -0.3 is 10.0 Å². The number of hydrogen-bond acceptors (Lipinski definition) is 4. The van der Waals surface area contributed by atoms with Crippen molar-refractivity contribution in [1.82, 2.24) is 0 Å². The minimum atomic E-state index is -0.707. The summed E-state index contributed by atoms with van der Waals surface area (Å²) in [5.41, 5.74) is -0.114. The van der Waals surface area contributed by atoms with Gasteiger partial charge in [-0.3, -0.25) is 10.1 Å². The van der Waals surface area contributed by atoms with Crippen molar-refractivity contribution in [3.63, 3.8) is 0 Å². The predicted octanol–water partition coefficient (Wildman–Crippen LogP) is 2.59. The zero-order valence-corrected chi connectivity index (χ0v) is 10.8. The van der Waals surface area contributed by atoms with Crippen LogP contribution in [-0.4, -0.2) is 29.7 Å². The van der Waals surface area contributed by atoms with E-state index in [4.69, 9.17) is 16.7 Å². The van der Waals surface area contributed by atoms with Gasteiger partial charge in [-0.2, -0.15) is 0 Å². The first-order chi connectivity index (χ1) is 8.32. The van der Waals surface area contributed by atoms with Gasteiger partial charge in [0.05, 0.1) is 16.0 Å². The molecule has 0 saturated heterocycles. The highest BCUT2D eigenvalue weighted by Crippen LogP contribution is 2.32. The molecular weight excluding hydrogens is 263 g/mol. The van der Waals surface area contributed by atoms with E-state index in [2.05, 4.69) is 0 Å². The molecular formula is C11H14ClFN2O3.